The van der Waals surface area contributed by atoms with Crippen LogP contribution in [0.25, 0.3) is 0 Å². The molecular formula is C22H26N2O3. The second-order valence-corrected chi connectivity index (χ2v) is 7.01. The number of hydrogen-bond donors (Lipinski definition) is 0. The van der Waals surface area contributed by atoms with E-state index in [9.17, 15) is 4.79 Å². The Balaban J connectivity index is 1.68. The van der Waals surface area contributed by atoms with Crippen LogP contribution in [-0.2, 0) is 6.61 Å². The van der Waals surface area contributed by atoms with Crippen LogP contribution in [0, 0.1) is 13.8 Å². The number of nitrogens with zero attached hydrogens (tertiary/aromatic N) is 2. The Bertz CT molecular complexity index is 853. The van der Waals surface area contributed by atoms with Crippen molar-refractivity contribution in [2.24, 2.45) is 0 Å². The SMILES string of the molecule is C=CC[C@@H]1CC=C[C@@H](C)N1C(=O)c1cc(COc2ccc(C)c(C)c2)on1. The number of amides is 1. The Labute approximate surface area is 160 Å². The molecule has 0 N–H and O–H groups in total. The average molecular weight is 366 g/mol. The Morgan fingerprint density at radius 3 is 2.93 bits per heavy atom. The second kappa shape index (κ2) is 8.25. The standard InChI is InChI=1S/C22H26N2O3/c1-5-7-18-9-6-8-17(4)24(18)22(25)21-13-20(27-23-21)14-26-19-11-10-15(2)16(3)12-19/h5-6,8,10-13,17-18H,1,7,9,14H2,2-4H3/t17-,18-/m1/s1. The van der Waals surface area contributed by atoms with Crippen molar-refractivity contribution >= 4 is 5.91 Å². The molecule has 0 saturated carbocycles. The molecular weight excluding hydrogens is 340 g/mol. The highest BCUT2D eigenvalue weighted by atomic mass is 16.5. The first kappa shape index (κ1) is 19.0. The van der Waals surface area contributed by atoms with Gasteiger partial charge < -0.3 is 14.2 Å². The summed E-state index contributed by atoms with van der Waals surface area (Å²) in [4.78, 5) is 14.8. The highest BCUT2D eigenvalue weighted by Crippen LogP contribution is 2.23. The topological polar surface area (TPSA) is 55.6 Å². The van der Waals surface area contributed by atoms with Crippen LogP contribution in [0.4, 0.5) is 0 Å². The van der Waals surface area contributed by atoms with Crippen LogP contribution in [0.3, 0.4) is 0 Å². The summed E-state index contributed by atoms with van der Waals surface area (Å²) in [6, 6.07) is 7.71. The summed E-state index contributed by atoms with van der Waals surface area (Å²) in [6.45, 7) is 10.1. The predicted molar refractivity (Wildman–Crippen MR) is 105 cm³/mol. The number of ether oxygens (including phenoxy) is 1. The molecule has 5 nitrogen and oxygen atoms in total. The van der Waals surface area contributed by atoms with Crippen LogP contribution in [-0.4, -0.2) is 28.0 Å². The number of aromatic nitrogens is 1. The zero-order chi connectivity index (χ0) is 19.4. The largest absolute Gasteiger partial charge is 0.486 e. The molecule has 3 rings (SSSR count). The van der Waals surface area contributed by atoms with Crippen LogP contribution < -0.4 is 4.74 Å². The van der Waals surface area contributed by atoms with Crippen molar-refractivity contribution < 1.29 is 14.1 Å². The van der Waals surface area contributed by atoms with Crippen LogP contribution in [0.1, 0.15) is 47.1 Å². The van der Waals surface area contributed by atoms with Gasteiger partial charge in [-0.3, -0.25) is 4.79 Å². The minimum absolute atomic E-state index is 0.0168. The Hall–Kier alpha value is -2.82. The normalized spacial score (nSPS) is 19.1. The molecule has 2 aromatic rings. The van der Waals surface area contributed by atoms with Gasteiger partial charge >= 0.3 is 0 Å². The molecule has 0 saturated heterocycles. The first-order chi connectivity index (χ1) is 13.0. The van der Waals surface area contributed by atoms with Gasteiger partial charge in [-0.05, 0) is 56.9 Å². The summed E-state index contributed by atoms with van der Waals surface area (Å²) in [6.07, 6.45) is 7.59. The van der Waals surface area contributed by atoms with Gasteiger partial charge in [0.1, 0.15) is 12.4 Å². The summed E-state index contributed by atoms with van der Waals surface area (Å²) >= 11 is 0. The molecule has 5 heteroatoms. The van der Waals surface area contributed by atoms with Gasteiger partial charge in [-0.15, -0.1) is 6.58 Å². The first-order valence-electron chi connectivity index (χ1n) is 9.25. The number of carbonyl (C=O) groups excluding carboxylic acids is 1. The second-order valence-electron chi connectivity index (χ2n) is 7.01. The average Bonchev–Trinajstić information content (AvgIpc) is 3.12. The minimum Gasteiger partial charge on any atom is -0.486 e. The molecule has 0 aliphatic carbocycles. The van der Waals surface area contributed by atoms with Crippen molar-refractivity contribution in [1.82, 2.24) is 10.1 Å². The van der Waals surface area contributed by atoms with E-state index in [4.69, 9.17) is 9.26 Å². The first-order valence-corrected chi connectivity index (χ1v) is 9.25. The Morgan fingerprint density at radius 1 is 1.37 bits per heavy atom. The third-order valence-electron chi connectivity index (χ3n) is 4.97. The predicted octanol–water partition coefficient (Wildman–Crippen LogP) is 4.61. The van der Waals surface area contributed by atoms with E-state index in [1.54, 1.807) is 6.07 Å². The van der Waals surface area contributed by atoms with Crippen molar-refractivity contribution in [3.63, 3.8) is 0 Å². The quantitative estimate of drug-likeness (QED) is 0.701. The lowest BCUT2D eigenvalue weighted by Crippen LogP contribution is -2.47. The van der Waals surface area contributed by atoms with Crippen molar-refractivity contribution in [1.29, 1.82) is 0 Å². The van der Waals surface area contributed by atoms with E-state index >= 15 is 0 Å². The van der Waals surface area contributed by atoms with Gasteiger partial charge in [0.15, 0.2) is 11.5 Å². The third-order valence-corrected chi connectivity index (χ3v) is 4.97. The molecule has 1 amide bonds. The monoisotopic (exact) mass is 366 g/mol. The van der Waals surface area contributed by atoms with E-state index in [0.717, 1.165) is 18.6 Å². The maximum absolute atomic E-state index is 13.0. The molecule has 0 unspecified atom stereocenters. The molecule has 0 fully saturated rings. The summed E-state index contributed by atoms with van der Waals surface area (Å²) in [5.74, 6) is 1.17. The summed E-state index contributed by atoms with van der Waals surface area (Å²) in [5, 5.41) is 3.97. The zero-order valence-electron chi connectivity index (χ0n) is 16.1. The van der Waals surface area contributed by atoms with E-state index < -0.39 is 0 Å². The van der Waals surface area contributed by atoms with Gasteiger partial charge in [0, 0.05) is 18.2 Å². The lowest BCUT2D eigenvalue weighted by atomic mass is 10.00. The lowest BCUT2D eigenvalue weighted by molar-refractivity contribution is 0.0611. The van der Waals surface area contributed by atoms with Gasteiger partial charge in [-0.1, -0.05) is 29.5 Å². The fourth-order valence-electron chi connectivity index (χ4n) is 3.30. The Kier molecular flexibility index (Phi) is 5.79. The van der Waals surface area contributed by atoms with Gasteiger partial charge in [0.2, 0.25) is 0 Å². The van der Waals surface area contributed by atoms with Gasteiger partial charge in [-0.25, -0.2) is 0 Å². The van der Waals surface area contributed by atoms with E-state index in [-0.39, 0.29) is 24.6 Å². The van der Waals surface area contributed by atoms with Crippen molar-refractivity contribution in [3.05, 3.63) is 71.7 Å². The van der Waals surface area contributed by atoms with Crippen molar-refractivity contribution in [3.8, 4) is 5.75 Å². The van der Waals surface area contributed by atoms with E-state index in [1.165, 1.54) is 11.1 Å². The molecule has 1 aromatic carbocycles. The fraction of sp³-hybridized carbons (Fsp3) is 0.364. The van der Waals surface area contributed by atoms with Gasteiger partial charge in [0.05, 0.1) is 0 Å². The summed E-state index contributed by atoms with van der Waals surface area (Å²) in [7, 11) is 0. The zero-order valence-corrected chi connectivity index (χ0v) is 16.1. The van der Waals surface area contributed by atoms with Crippen molar-refractivity contribution in [2.45, 2.75) is 52.3 Å². The van der Waals surface area contributed by atoms with Crippen LogP contribution in [0.2, 0.25) is 0 Å². The summed E-state index contributed by atoms with van der Waals surface area (Å²) < 4.78 is 11.1. The molecule has 2 atom stereocenters. The fourth-order valence-corrected chi connectivity index (χ4v) is 3.30. The molecule has 0 bridgehead atoms. The number of aryl methyl sites for hydroxylation is 2. The van der Waals surface area contributed by atoms with E-state index in [1.807, 2.05) is 49.1 Å². The molecule has 1 aromatic heterocycles. The van der Waals surface area contributed by atoms with E-state index in [2.05, 4.69) is 24.7 Å². The Morgan fingerprint density at radius 2 is 2.19 bits per heavy atom. The molecule has 0 spiro atoms. The molecule has 0 radical (unpaired) electrons. The van der Waals surface area contributed by atoms with E-state index in [0.29, 0.717) is 11.5 Å². The minimum atomic E-state index is -0.125. The number of hydrogen-bond acceptors (Lipinski definition) is 4. The number of rotatable bonds is 6. The highest BCUT2D eigenvalue weighted by Gasteiger charge is 2.31. The third kappa shape index (κ3) is 4.30. The molecule has 27 heavy (non-hydrogen) atoms. The molecule has 1 aliphatic rings. The summed E-state index contributed by atoms with van der Waals surface area (Å²) in [5.41, 5.74) is 2.69. The maximum Gasteiger partial charge on any atom is 0.276 e. The number of benzene rings is 1. The van der Waals surface area contributed by atoms with Crippen molar-refractivity contribution in [2.75, 3.05) is 0 Å². The van der Waals surface area contributed by atoms with Crippen LogP contribution in [0.5, 0.6) is 5.75 Å². The van der Waals surface area contributed by atoms with Gasteiger partial charge in [-0.2, -0.15) is 0 Å². The number of carbonyl (C=O) groups is 1. The van der Waals surface area contributed by atoms with Crippen LogP contribution >= 0.6 is 0 Å². The lowest BCUT2D eigenvalue weighted by Gasteiger charge is -2.36. The van der Waals surface area contributed by atoms with Crippen LogP contribution in [0.15, 0.2) is 53.6 Å². The maximum atomic E-state index is 13.0. The molecule has 2 heterocycles. The molecule has 1 aliphatic heterocycles. The molecule has 142 valence electrons. The smallest absolute Gasteiger partial charge is 0.276 e. The highest BCUT2D eigenvalue weighted by molar-refractivity contribution is 5.93. The van der Waals surface area contributed by atoms with Gasteiger partial charge in [0.25, 0.3) is 5.91 Å².